The number of carboxylic acid groups (broad SMARTS) is 1. The Morgan fingerprint density at radius 2 is 1.64 bits per heavy atom. The van der Waals surface area contributed by atoms with E-state index in [4.69, 9.17) is 16.3 Å². The molecule has 0 aliphatic heterocycles. The Morgan fingerprint density at radius 3 is 2.30 bits per heavy atom. The number of allylic oxidation sites excluding steroid dienone is 4. The molecule has 0 bridgehead atoms. The maximum atomic E-state index is 13.5. The summed E-state index contributed by atoms with van der Waals surface area (Å²) in [7, 11) is 0. The molecule has 0 radical (unpaired) electrons. The number of halogens is 1. The highest BCUT2D eigenvalue weighted by Gasteiger charge is 2.69. The molecule has 0 unspecified atom stereocenters. The number of aliphatic carboxylic acids is 1. The molecule has 0 amide bonds. The summed E-state index contributed by atoms with van der Waals surface area (Å²) in [6, 6.07) is 7.90. The third-order valence-electron chi connectivity index (χ3n) is 16.6. The summed E-state index contributed by atoms with van der Waals surface area (Å²) in [5.41, 5.74) is 3.58. The third-order valence-corrected chi connectivity index (χ3v) is 16.9. The van der Waals surface area contributed by atoms with Crippen molar-refractivity contribution in [2.24, 2.45) is 56.2 Å². The Hall–Kier alpha value is -2.40. The first-order valence-electron chi connectivity index (χ1n) is 20.8. The van der Waals surface area contributed by atoms with Gasteiger partial charge < -0.3 is 9.84 Å². The number of ketones is 1. The molecule has 4 saturated carbocycles. The van der Waals surface area contributed by atoms with Crippen molar-refractivity contribution < 1.29 is 24.2 Å². The first kappa shape index (κ1) is 40.3. The minimum Gasteiger partial charge on any atom is -0.481 e. The van der Waals surface area contributed by atoms with Gasteiger partial charge in [-0.25, -0.2) is 0 Å². The van der Waals surface area contributed by atoms with Crippen LogP contribution in [0.25, 0.3) is 0 Å². The summed E-state index contributed by atoms with van der Waals surface area (Å²) in [5.74, 6) is 0.980. The Morgan fingerprint density at radius 1 is 0.925 bits per heavy atom. The van der Waals surface area contributed by atoms with E-state index < -0.39 is 17.4 Å². The standard InChI is InChI=1S/C47H67ClO5/c1-29(2)34-17-23-47(22-16-33(49)26-30(3)31-12-11-13-32(48)27-31)25-24-45(9)35(40(34)47)14-15-37-44(8)20-19-38(53-39(50)28-42(4,5)41(51)52)43(6,7)36(44)18-21-46(37,45)10/h11-13,16,22,27,29-30,35-38H,14-15,17-21,23-26,28H2,1-10H3,(H,51,52)/b22-16+/t30-,35-,36+,37-,38+,44+,45-,46-,47-/m1/s1. The Kier molecular flexibility index (Phi) is 10.6. The second kappa shape index (κ2) is 14.0. The minimum absolute atomic E-state index is 0.0256. The van der Waals surface area contributed by atoms with E-state index in [0.29, 0.717) is 35.1 Å². The lowest BCUT2D eigenvalue weighted by molar-refractivity contribution is -0.232. The zero-order chi connectivity index (χ0) is 38.9. The summed E-state index contributed by atoms with van der Waals surface area (Å²) in [4.78, 5) is 38.4. The van der Waals surface area contributed by atoms with Crippen LogP contribution in [-0.2, 0) is 19.1 Å². The predicted octanol–water partition coefficient (Wildman–Crippen LogP) is 12.2. The molecule has 6 heteroatoms. The van der Waals surface area contributed by atoms with Crippen LogP contribution in [0.1, 0.15) is 158 Å². The summed E-state index contributed by atoms with van der Waals surface area (Å²) >= 11 is 6.27. The van der Waals surface area contributed by atoms with Crippen molar-refractivity contribution in [1.29, 1.82) is 0 Å². The molecule has 9 atom stereocenters. The second-order valence-electron chi connectivity index (χ2n) is 20.5. The van der Waals surface area contributed by atoms with Crippen molar-refractivity contribution >= 4 is 29.3 Å². The van der Waals surface area contributed by atoms with Gasteiger partial charge in [0.1, 0.15) is 6.10 Å². The van der Waals surface area contributed by atoms with E-state index in [2.05, 4.69) is 67.5 Å². The minimum atomic E-state index is -1.14. The molecule has 0 aromatic heterocycles. The van der Waals surface area contributed by atoms with E-state index in [1.807, 2.05) is 24.3 Å². The molecule has 53 heavy (non-hydrogen) atoms. The van der Waals surface area contributed by atoms with Gasteiger partial charge in [0.25, 0.3) is 0 Å². The highest BCUT2D eigenvalue weighted by atomic mass is 35.5. The van der Waals surface area contributed by atoms with E-state index in [1.165, 1.54) is 25.7 Å². The molecule has 0 heterocycles. The van der Waals surface area contributed by atoms with E-state index in [1.54, 1.807) is 25.0 Å². The predicted molar refractivity (Wildman–Crippen MR) is 214 cm³/mol. The number of hydrogen-bond acceptors (Lipinski definition) is 4. The molecule has 0 spiro atoms. The zero-order valence-electron chi connectivity index (χ0n) is 34.4. The number of carbonyl (C=O) groups is 3. The van der Waals surface area contributed by atoms with Crippen molar-refractivity contribution in [2.45, 2.75) is 158 Å². The van der Waals surface area contributed by atoms with Gasteiger partial charge in [0.2, 0.25) is 0 Å². The number of carbonyl (C=O) groups excluding carboxylic acids is 2. The van der Waals surface area contributed by atoms with Crippen LogP contribution < -0.4 is 0 Å². The fourth-order valence-corrected chi connectivity index (χ4v) is 13.5. The van der Waals surface area contributed by atoms with Gasteiger partial charge in [-0.1, -0.05) is 96.3 Å². The Balaban J connectivity index is 1.24. The van der Waals surface area contributed by atoms with Crippen LogP contribution in [-0.4, -0.2) is 28.9 Å². The molecular weight excluding hydrogens is 680 g/mol. The largest absolute Gasteiger partial charge is 0.481 e. The fourth-order valence-electron chi connectivity index (χ4n) is 13.3. The summed E-state index contributed by atoms with van der Waals surface area (Å²) in [5, 5.41) is 10.3. The quantitative estimate of drug-likeness (QED) is 0.146. The molecule has 1 aromatic carbocycles. The van der Waals surface area contributed by atoms with Gasteiger partial charge in [-0.05, 0) is 148 Å². The van der Waals surface area contributed by atoms with E-state index >= 15 is 0 Å². The lowest BCUT2D eigenvalue weighted by Gasteiger charge is -2.72. The van der Waals surface area contributed by atoms with Gasteiger partial charge in [0.15, 0.2) is 5.78 Å². The normalized spacial score (nSPS) is 37.1. The second-order valence-corrected chi connectivity index (χ2v) is 21.0. The summed E-state index contributed by atoms with van der Waals surface area (Å²) < 4.78 is 6.19. The molecule has 292 valence electrons. The van der Waals surface area contributed by atoms with Gasteiger partial charge in [-0.2, -0.15) is 0 Å². The lowest BCUT2D eigenvalue weighted by Crippen LogP contribution is -2.65. The van der Waals surface area contributed by atoms with E-state index in [0.717, 1.165) is 44.1 Å². The highest BCUT2D eigenvalue weighted by Crippen LogP contribution is 2.77. The van der Waals surface area contributed by atoms with Gasteiger partial charge in [-0.3, -0.25) is 14.4 Å². The number of esters is 1. The van der Waals surface area contributed by atoms with Crippen LogP contribution in [0, 0.1) is 56.2 Å². The fraction of sp³-hybridized carbons (Fsp3) is 0.723. The first-order valence-corrected chi connectivity index (χ1v) is 21.1. The molecular formula is C47H67ClO5. The average molecular weight is 748 g/mol. The van der Waals surface area contributed by atoms with Crippen LogP contribution in [0.3, 0.4) is 0 Å². The van der Waals surface area contributed by atoms with Crippen molar-refractivity contribution in [3.8, 4) is 0 Å². The zero-order valence-corrected chi connectivity index (χ0v) is 35.1. The van der Waals surface area contributed by atoms with E-state index in [9.17, 15) is 19.5 Å². The molecule has 6 rings (SSSR count). The molecule has 5 nitrogen and oxygen atoms in total. The molecule has 1 N–H and O–H groups in total. The van der Waals surface area contributed by atoms with Crippen LogP contribution >= 0.6 is 11.6 Å². The smallest absolute Gasteiger partial charge is 0.309 e. The topological polar surface area (TPSA) is 80.7 Å². The molecule has 5 aliphatic rings. The number of ether oxygens (including phenoxy) is 1. The Labute approximate surface area is 325 Å². The average Bonchev–Trinajstić information content (AvgIpc) is 3.45. The molecule has 5 aliphatic carbocycles. The lowest BCUT2D eigenvalue weighted by atomic mass is 9.33. The van der Waals surface area contributed by atoms with Crippen molar-refractivity contribution in [3.05, 3.63) is 58.1 Å². The SMILES string of the molecule is CC(C)C1=C2[C@H]3CC[C@@H]4[C@@]5(C)CC[C@H](OC(=O)CC(C)(C)C(=O)O)C(C)(C)[C@@H]5CC[C@@]4(C)[C@]3(C)CC[C@@]2(/C=C/C(=O)C[C@@H](C)c2cccc(Cl)c2)CC1. The van der Waals surface area contributed by atoms with E-state index in [-0.39, 0.29) is 51.3 Å². The molecule has 1 aromatic rings. The monoisotopic (exact) mass is 746 g/mol. The molecule has 0 saturated heterocycles. The number of hydrogen-bond donors (Lipinski definition) is 1. The van der Waals surface area contributed by atoms with Crippen LogP contribution in [0.5, 0.6) is 0 Å². The van der Waals surface area contributed by atoms with Crippen LogP contribution in [0.2, 0.25) is 5.02 Å². The van der Waals surface area contributed by atoms with Gasteiger partial charge in [-0.15, -0.1) is 0 Å². The van der Waals surface area contributed by atoms with Crippen LogP contribution in [0.15, 0.2) is 47.6 Å². The number of rotatable bonds is 10. The maximum absolute atomic E-state index is 13.5. The summed E-state index contributed by atoms with van der Waals surface area (Å²) in [6.45, 7) is 22.5. The summed E-state index contributed by atoms with van der Waals surface area (Å²) in [6.07, 6.45) is 15.6. The number of carboxylic acids is 1. The molecule has 4 fully saturated rings. The Bertz CT molecular complexity index is 1680. The first-order chi connectivity index (χ1) is 24.6. The van der Waals surface area contributed by atoms with Gasteiger partial charge >= 0.3 is 11.9 Å². The number of fused-ring (bicyclic) bond motifs is 7. The van der Waals surface area contributed by atoms with Crippen molar-refractivity contribution in [2.75, 3.05) is 0 Å². The van der Waals surface area contributed by atoms with Crippen molar-refractivity contribution in [1.82, 2.24) is 0 Å². The van der Waals surface area contributed by atoms with Gasteiger partial charge in [0, 0.05) is 22.3 Å². The van der Waals surface area contributed by atoms with Gasteiger partial charge in [0.05, 0.1) is 11.8 Å². The van der Waals surface area contributed by atoms with Crippen LogP contribution in [0.4, 0.5) is 0 Å². The highest BCUT2D eigenvalue weighted by molar-refractivity contribution is 6.30. The maximum Gasteiger partial charge on any atom is 0.309 e. The van der Waals surface area contributed by atoms with Crippen molar-refractivity contribution in [3.63, 3.8) is 0 Å². The third kappa shape index (κ3) is 6.69. The number of benzene rings is 1.